The van der Waals surface area contributed by atoms with Crippen molar-refractivity contribution >= 4 is 11.1 Å². The molecule has 3 nitrogen and oxygen atoms in total. The third-order valence-corrected chi connectivity index (χ3v) is 3.22. The van der Waals surface area contributed by atoms with Crippen LogP contribution in [0.5, 0.6) is 5.75 Å². The lowest BCUT2D eigenvalue weighted by Gasteiger charge is -2.10. The zero-order valence-electron chi connectivity index (χ0n) is 10.00. The predicted molar refractivity (Wildman–Crippen MR) is 71.0 cm³/mol. The van der Waals surface area contributed by atoms with Crippen LogP contribution in [0.1, 0.15) is 11.1 Å². The fraction of sp³-hybridized carbons (Fsp3) is 0.143. The number of aryl methyl sites for hydroxylation is 1. The van der Waals surface area contributed by atoms with Crippen molar-refractivity contribution in [2.45, 2.75) is 18.4 Å². The monoisotopic (exact) mass is 262 g/mol. The molecule has 0 aliphatic carbocycles. The average Bonchev–Trinajstić information content (AvgIpc) is 2.38. The van der Waals surface area contributed by atoms with Crippen molar-refractivity contribution in [3.05, 3.63) is 59.7 Å². The lowest BCUT2D eigenvalue weighted by atomic mass is 10.2. The van der Waals surface area contributed by atoms with E-state index in [1.165, 1.54) is 0 Å². The van der Waals surface area contributed by atoms with Crippen LogP contribution in [-0.4, -0.2) is 8.76 Å². The summed E-state index contributed by atoms with van der Waals surface area (Å²) < 4.78 is 26.0. The highest BCUT2D eigenvalue weighted by Crippen LogP contribution is 2.23. The minimum atomic E-state index is -2.03. The molecular formula is C14H14O3S. The molecular weight excluding hydrogens is 248 g/mol. The molecule has 0 saturated carbocycles. The fourth-order valence-electron chi connectivity index (χ4n) is 1.61. The maximum atomic E-state index is 11.2. The molecule has 2 rings (SSSR count). The quantitative estimate of drug-likeness (QED) is 0.861. The predicted octanol–water partition coefficient (Wildman–Crippen LogP) is 3.15. The Morgan fingerprint density at radius 2 is 1.89 bits per heavy atom. The topological polar surface area (TPSA) is 46.5 Å². The van der Waals surface area contributed by atoms with Crippen LogP contribution in [0.15, 0.2) is 53.4 Å². The Hall–Kier alpha value is -1.65. The Bertz CT molecular complexity index is 552. The van der Waals surface area contributed by atoms with Crippen molar-refractivity contribution in [3.8, 4) is 5.75 Å². The van der Waals surface area contributed by atoms with E-state index in [1.807, 2.05) is 43.3 Å². The highest BCUT2D eigenvalue weighted by Gasteiger charge is 2.09. The molecule has 0 bridgehead atoms. The van der Waals surface area contributed by atoms with E-state index in [9.17, 15) is 8.76 Å². The summed E-state index contributed by atoms with van der Waals surface area (Å²) in [7, 11) is 0. The molecule has 1 unspecified atom stereocenters. The van der Waals surface area contributed by atoms with Crippen LogP contribution in [0.3, 0.4) is 0 Å². The van der Waals surface area contributed by atoms with Crippen molar-refractivity contribution in [1.82, 2.24) is 0 Å². The molecule has 0 fully saturated rings. The van der Waals surface area contributed by atoms with Crippen LogP contribution in [0.25, 0.3) is 0 Å². The summed E-state index contributed by atoms with van der Waals surface area (Å²) in [6, 6.07) is 14.9. The van der Waals surface area contributed by atoms with Crippen molar-refractivity contribution in [3.63, 3.8) is 0 Å². The zero-order valence-corrected chi connectivity index (χ0v) is 10.8. The van der Waals surface area contributed by atoms with Crippen LogP contribution in [-0.2, 0) is 17.7 Å². The molecule has 4 heteroatoms. The molecule has 0 heterocycles. The third kappa shape index (κ3) is 3.18. The van der Waals surface area contributed by atoms with Crippen LogP contribution in [0.2, 0.25) is 0 Å². The Kier molecular flexibility index (Phi) is 4.12. The normalized spacial score (nSPS) is 12.1. The standard InChI is InChI=1S/C14H14O3S/c1-11-7-8-13(14(9-11)18(15)16)17-10-12-5-3-2-4-6-12/h2-9H,10H2,1H3,(H,15,16). The van der Waals surface area contributed by atoms with Gasteiger partial charge in [0.1, 0.15) is 17.3 Å². The van der Waals surface area contributed by atoms with Crippen LogP contribution in [0, 0.1) is 6.92 Å². The van der Waals surface area contributed by atoms with Crippen molar-refractivity contribution in [1.29, 1.82) is 0 Å². The first-order chi connectivity index (χ1) is 8.66. The van der Waals surface area contributed by atoms with E-state index in [1.54, 1.807) is 12.1 Å². The summed E-state index contributed by atoms with van der Waals surface area (Å²) >= 11 is -2.03. The minimum absolute atomic E-state index is 0.311. The van der Waals surface area contributed by atoms with Gasteiger partial charge in [-0.1, -0.05) is 36.4 Å². The molecule has 0 saturated heterocycles. The molecule has 18 heavy (non-hydrogen) atoms. The molecule has 0 amide bonds. The number of rotatable bonds is 4. The molecule has 94 valence electrons. The number of hydrogen-bond acceptors (Lipinski definition) is 2. The maximum Gasteiger partial charge on any atom is 0.190 e. The van der Waals surface area contributed by atoms with Crippen molar-refractivity contribution in [2.75, 3.05) is 0 Å². The molecule has 0 aliphatic rings. The molecule has 0 radical (unpaired) electrons. The highest BCUT2D eigenvalue weighted by molar-refractivity contribution is 7.79. The van der Waals surface area contributed by atoms with Crippen molar-refractivity contribution < 1.29 is 13.5 Å². The van der Waals surface area contributed by atoms with Gasteiger partial charge in [0, 0.05) is 0 Å². The molecule has 2 aromatic carbocycles. The molecule has 0 spiro atoms. The summed E-state index contributed by atoms with van der Waals surface area (Å²) in [4.78, 5) is 0.311. The second-order valence-corrected chi connectivity index (χ2v) is 4.91. The van der Waals surface area contributed by atoms with Gasteiger partial charge in [-0.2, -0.15) is 0 Å². The second kappa shape index (κ2) is 5.80. The Morgan fingerprint density at radius 3 is 2.56 bits per heavy atom. The lowest BCUT2D eigenvalue weighted by Crippen LogP contribution is -2.00. The number of benzene rings is 2. The SMILES string of the molecule is Cc1ccc(OCc2ccccc2)c(S(=O)O)c1. The van der Waals surface area contributed by atoms with Crippen LogP contribution < -0.4 is 4.74 Å². The van der Waals surface area contributed by atoms with E-state index in [2.05, 4.69) is 0 Å². The van der Waals surface area contributed by atoms with Gasteiger partial charge in [0.05, 0.1) is 0 Å². The molecule has 1 atom stereocenters. The first kappa shape index (κ1) is 12.8. The smallest absolute Gasteiger partial charge is 0.190 e. The summed E-state index contributed by atoms with van der Waals surface area (Å²) in [5.74, 6) is 0.449. The van der Waals surface area contributed by atoms with Gasteiger partial charge in [0.2, 0.25) is 0 Å². The van der Waals surface area contributed by atoms with Gasteiger partial charge in [0.25, 0.3) is 0 Å². The van der Waals surface area contributed by atoms with E-state index < -0.39 is 11.1 Å². The first-order valence-electron chi connectivity index (χ1n) is 5.55. The van der Waals surface area contributed by atoms with Crippen molar-refractivity contribution in [2.24, 2.45) is 0 Å². The van der Waals surface area contributed by atoms with Gasteiger partial charge in [-0.25, -0.2) is 4.21 Å². The van der Waals surface area contributed by atoms with E-state index in [0.29, 0.717) is 17.3 Å². The summed E-state index contributed by atoms with van der Waals surface area (Å²) in [5.41, 5.74) is 1.95. The van der Waals surface area contributed by atoms with Gasteiger partial charge in [-0.15, -0.1) is 0 Å². The van der Waals surface area contributed by atoms with E-state index in [-0.39, 0.29) is 0 Å². The maximum absolute atomic E-state index is 11.2. The third-order valence-electron chi connectivity index (χ3n) is 2.52. The molecule has 0 aromatic heterocycles. The Balaban J connectivity index is 2.17. The average molecular weight is 262 g/mol. The van der Waals surface area contributed by atoms with E-state index in [4.69, 9.17) is 4.74 Å². The highest BCUT2D eigenvalue weighted by atomic mass is 32.2. The van der Waals surface area contributed by atoms with E-state index >= 15 is 0 Å². The first-order valence-corrected chi connectivity index (χ1v) is 6.66. The van der Waals surface area contributed by atoms with Gasteiger partial charge in [0.15, 0.2) is 11.1 Å². The minimum Gasteiger partial charge on any atom is -0.488 e. The van der Waals surface area contributed by atoms with Gasteiger partial charge < -0.3 is 9.29 Å². The largest absolute Gasteiger partial charge is 0.488 e. The summed E-state index contributed by atoms with van der Waals surface area (Å²) in [6.07, 6.45) is 0. The van der Waals surface area contributed by atoms with Gasteiger partial charge >= 0.3 is 0 Å². The Morgan fingerprint density at radius 1 is 1.17 bits per heavy atom. The fourth-order valence-corrected chi connectivity index (χ4v) is 2.19. The molecule has 0 aliphatic heterocycles. The zero-order chi connectivity index (χ0) is 13.0. The number of hydrogen-bond donors (Lipinski definition) is 1. The van der Waals surface area contributed by atoms with Gasteiger partial charge in [-0.05, 0) is 30.2 Å². The lowest BCUT2D eigenvalue weighted by molar-refractivity contribution is 0.297. The van der Waals surface area contributed by atoms with Crippen LogP contribution in [0.4, 0.5) is 0 Å². The Labute approximate surface area is 109 Å². The van der Waals surface area contributed by atoms with Gasteiger partial charge in [-0.3, -0.25) is 0 Å². The molecule has 1 N–H and O–H groups in total. The van der Waals surface area contributed by atoms with Crippen LogP contribution >= 0.6 is 0 Å². The number of ether oxygens (including phenoxy) is 1. The molecule has 2 aromatic rings. The summed E-state index contributed by atoms with van der Waals surface area (Å²) in [6.45, 7) is 2.26. The summed E-state index contributed by atoms with van der Waals surface area (Å²) in [5, 5.41) is 0. The van der Waals surface area contributed by atoms with E-state index in [0.717, 1.165) is 11.1 Å². The second-order valence-electron chi connectivity index (χ2n) is 3.97.